The van der Waals surface area contributed by atoms with Crippen LogP contribution < -0.4 is 44.3 Å². The summed E-state index contributed by atoms with van der Waals surface area (Å²) in [5, 5.41) is 13.5. The highest BCUT2D eigenvalue weighted by Gasteiger charge is 2.18. The molecule has 152 valence electrons. The third-order valence-corrected chi connectivity index (χ3v) is 3.81. The van der Waals surface area contributed by atoms with Crippen LogP contribution in [0.5, 0.6) is 0 Å². The third kappa shape index (κ3) is 7.15. The number of benzene rings is 1. The number of hydroxylamine groups is 1. The molecule has 7 nitrogen and oxygen atoms in total. The second kappa shape index (κ2) is 11.8. The fraction of sp³-hybridized carbons (Fsp3) is 0.100. The molecule has 29 heavy (non-hydrogen) atoms. The maximum absolute atomic E-state index is 12.3. The first-order valence-corrected chi connectivity index (χ1v) is 8.42. The zero-order valence-corrected chi connectivity index (χ0v) is 16.9. The summed E-state index contributed by atoms with van der Waals surface area (Å²) in [7, 11) is 0. The van der Waals surface area contributed by atoms with Gasteiger partial charge in [0.25, 0.3) is 5.91 Å². The summed E-state index contributed by atoms with van der Waals surface area (Å²) in [4.78, 5) is 24.4. The molecule has 3 rings (SSSR count). The maximum atomic E-state index is 12.3. The van der Waals surface area contributed by atoms with Gasteiger partial charge in [-0.3, -0.25) is 14.8 Å². The summed E-state index contributed by atoms with van der Waals surface area (Å²) in [5.41, 5.74) is 0.773. The molecule has 0 radical (unpaired) electrons. The van der Waals surface area contributed by atoms with Crippen molar-refractivity contribution in [2.75, 3.05) is 10.4 Å². The average molecular weight is 435 g/mol. The van der Waals surface area contributed by atoms with E-state index in [-0.39, 0.29) is 49.5 Å². The Morgan fingerprint density at radius 1 is 0.828 bits per heavy atom. The molecule has 1 aromatic carbocycles. The Morgan fingerprint density at radius 3 is 1.97 bits per heavy atom. The Kier molecular flexibility index (Phi) is 9.74. The standard InChI is InChI=1S/C20H19N4O3.2ClH/c25-19(15-22-10-3-1-4-11-22)21-17-8-7-9-18(14-17)24(27)20(26)16-23-12-5-2-6-13-23;;/h1-14,27H,15-16H2;2*1H/q+1;;/p-1. The number of carbonyl (C=O) groups is 2. The number of aromatic nitrogens is 2. The van der Waals surface area contributed by atoms with Gasteiger partial charge in [0, 0.05) is 30.0 Å². The first-order valence-electron chi connectivity index (χ1n) is 8.42. The molecule has 0 saturated carbocycles. The monoisotopic (exact) mass is 434 g/mol. The molecule has 0 atom stereocenters. The smallest absolute Gasteiger partial charge is 0.316 e. The summed E-state index contributed by atoms with van der Waals surface area (Å²) in [6, 6.07) is 17.5. The minimum Gasteiger partial charge on any atom is -1.00 e. The number of carbonyl (C=O) groups excluding carboxylic acids is 2. The SMILES string of the molecule is O=C(C[n+]1ccccc1)Nc1cccc(N(O)C(=O)C[n+]2ccccc2)c1.[Cl-].[Cl-]. The molecule has 0 saturated heterocycles. The minimum atomic E-state index is -0.491. The van der Waals surface area contributed by atoms with Gasteiger partial charge in [-0.25, -0.2) is 0 Å². The number of halogens is 2. The van der Waals surface area contributed by atoms with Crippen LogP contribution in [-0.2, 0) is 22.7 Å². The van der Waals surface area contributed by atoms with Crippen LogP contribution in [0.4, 0.5) is 11.4 Å². The molecule has 9 heteroatoms. The fourth-order valence-corrected chi connectivity index (χ4v) is 2.53. The van der Waals surface area contributed by atoms with Gasteiger partial charge in [-0.05, 0) is 18.2 Å². The summed E-state index contributed by atoms with van der Waals surface area (Å²) in [5.74, 6) is -0.700. The van der Waals surface area contributed by atoms with Gasteiger partial charge in [0.2, 0.25) is 13.1 Å². The number of hydrogen-bond acceptors (Lipinski definition) is 3. The zero-order chi connectivity index (χ0) is 19.1. The molecule has 0 spiro atoms. The number of nitrogens with one attached hydrogen (secondary N) is 1. The Morgan fingerprint density at radius 2 is 1.38 bits per heavy atom. The van der Waals surface area contributed by atoms with Crippen molar-refractivity contribution >= 4 is 23.2 Å². The minimum absolute atomic E-state index is 0. The molecule has 0 aliphatic heterocycles. The van der Waals surface area contributed by atoms with E-state index in [1.54, 1.807) is 70.3 Å². The Bertz CT molecular complexity index is 927. The van der Waals surface area contributed by atoms with Gasteiger partial charge >= 0.3 is 5.91 Å². The second-order valence-corrected chi connectivity index (χ2v) is 5.90. The number of amides is 2. The zero-order valence-electron chi connectivity index (χ0n) is 15.4. The topological polar surface area (TPSA) is 77.4 Å². The number of anilines is 2. The van der Waals surface area contributed by atoms with Crippen molar-refractivity contribution in [1.29, 1.82) is 0 Å². The number of nitrogens with zero attached hydrogens (tertiary/aromatic N) is 3. The van der Waals surface area contributed by atoms with Gasteiger partial charge in [0.15, 0.2) is 24.8 Å². The quantitative estimate of drug-likeness (QED) is 0.232. The van der Waals surface area contributed by atoms with E-state index in [2.05, 4.69) is 5.32 Å². The van der Waals surface area contributed by atoms with Crippen LogP contribution in [0.3, 0.4) is 0 Å². The predicted octanol–water partition coefficient (Wildman–Crippen LogP) is -4.67. The van der Waals surface area contributed by atoms with Crippen LogP contribution >= 0.6 is 0 Å². The molecule has 3 aromatic rings. The van der Waals surface area contributed by atoms with Crippen LogP contribution in [0.15, 0.2) is 85.5 Å². The van der Waals surface area contributed by atoms with E-state index in [1.165, 1.54) is 0 Å². The third-order valence-electron chi connectivity index (χ3n) is 3.81. The van der Waals surface area contributed by atoms with Crippen molar-refractivity contribution < 1.29 is 48.7 Å². The normalized spacial score (nSPS) is 9.55. The molecule has 2 amide bonds. The number of hydrogen-bond donors (Lipinski definition) is 2. The lowest BCUT2D eigenvalue weighted by atomic mass is 10.2. The van der Waals surface area contributed by atoms with Crippen molar-refractivity contribution in [3.63, 3.8) is 0 Å². The van der Waals surface area contributed by atoms with Gasteiger partial charge in [0.05, 0.1) is 5.69 Å². The lowest BCUT2D eigenvalue weighted by Crippen LogP contribution is -3.00. The fourth-order valence-electron chi connectivity index (χ4n) is 2.53. The van der Waals surface area contributed by atoms with E-state index in [0.717, 1.165) is 0 Å². The van der Waals surface area contributed by atoms with Gasteiger partial charge < -0.3 is 30.1 Å². The first-order chi connectivity index (χ1) is 13.1. The molecule has 0 unspecified atom stereocenters. The summed E-state index contributed by atoms with van der Waals surface area (Å²) >= 11 is 0. The highest BCUT2D eigenvalue weighted by molar-refractivity contribution is 5.93. The van der Waals surface area contributed by atoms with Crippen LogP contribution in [0.1, 0.15) is 0 Å². The summed E-state index contributed by atoms with van der Waals surface area (Å²) in [6.45, 7) is 0.163. The highest BCUT2D eigenvalue weighted by atomic mass is 35.5. The average Bonchev–Trinajstić information content (AvgIpc) is 2.69. The van der Waals surface area contributed by atoms with Crippen molar-refractivity contribution in [2.24, 2.45) is 0 Å². The van der Waals surface area contributed by atoms with Crippen LogP contribution in [0.2, 0.25) is 0 Å². The molecule has 2 heterocycles. The summed E-state index contributed by atoms with van der Waals surface area (Å²) < 4.78 is 3.41. The van der Waals surface area contributed by atoms with Crippen molar-refractivity contribution in [3.05, 3.63) is 85.5 Å². The van der Waals surface area contributed by atoms with E-state index < -0.39 is 5.91 Å². The van der Waals surface area contributed by atoms with E-state index >= 15 is 0 Å². The molecule has 0 aliphatic rings. The van der Waals surface area contributed by atoms with Gasteiger partial charge in [0.1, 0.15) is 0 Å². The lowest BCUT2D eigenvalue weighted by Gasteiger charge is -2.14. The molecule has 2 aromatic heterocycles. The number of rotatable bonds is 6. The predicted molar refractivity (Wildman–Crippen MR) is 97.6 cm³/mol. The van der Waals surface area contributed by atoms with Crippen molar-refractivity contribution in [1.82, 2.24) is 0 Å². The molecule has 0 fully saturated rings. The van der Waals surface area contributed by atoms with Gasteiger partial charge in [-0.2, -0.15) is 14.2 Å². The van der Waals surface area contributed by atoms with Gasteiger partial charge in [-0.1, -0.05) is 18.2 Å². The molecular weight excluding hydrogens is 415 g/mol. The Balaban J connectivity index is 0.00000210. The second-order valence-electron chi connectivity index (χ2n) is 5.90. The Hall–Kier alpha value is -3.00. The van der Waals surface area contributed by atoms with E-state index in [4.69, 9.17) is 0 Å². The molecule has 2 N–H and O–H groups in total. The largest absolute Gasteiger partial charge is 1.00 e. The highest BCUT2D eigenvalue weighted by Crippen LogP contribution is 2.18. The van der Waals surface area contributed by atoms with E-state index in [0.29, 0.717) is 10.8 Å². The first kappa shape index (κ1) is 24.0. The van der Waals surface area contributed by atoms with E-state index in [1.807, 2.05) is 24.3 Å². The Labute approximate surface area is 181 Å². The van der Waals surface area contributed by atoms with Crippen LogP contribution in [0.25, 0.3) is 0 Å². The van der Waals surface area contributed by atoms with Crippen molar-refractivity contribution in [3.8, 4) is 0 Å². The molecular formula is C20H20Cl2N4O3. The van der Waals surface area contributed by atoms with Crippen LogP contribution in [0, 0.1) is 0 Å². The number of pyridine rings is 2. The van der Waals surface area contributed by atoms with E-state index in [9.17, 15) is 14.8 Å². The lowest BCUT2D eigenvalue weighted by molar-refractivity contribution is -0.684. The molecule has 0 aliphatic carbocycles. The van der Waals surface area contributed by atoms with Gasteiger partial charge in [-0.15, -0.1) is 0 Å². The maximum Gasteiger partial charge on any atom is 0.316 e. The van der Waals surface area contributed by atoms with Crippen LogP contribution in [-0.4, -0.2) is 17.0 Å². The van der Waals surface area contributed by atoms with Crippen molar-refractivity contribution in [2.45, 2.75) is 13.1 Å². The summed E-state index contributed by atoms with van der Waals surface area (Å²) in [6.07, 6.45) is 7.07. The molecule has 0 bridgehead atoms.